The summed E-state index contributed by atoms with van der Waals surface area (Å²) in [6.45, 7) is 1.68. The predicted octanol–water partition coefficient (Wildman–Crippen LogP) is 1.14. The van der Waals surface area contributed by atoms with Crippen LogP contribution in [-0.4, -0.2) is 14.9 Å². The van der Waals surface area contributed by atoms with E-state index in [2.05, 4.69) is 9.97 Å². The molecule has 1 heterocycles. The summed E-state index contributed by atoms with van der Waals surface area (Å²) in [5.74, 6) is 0. The summed E-state index contributed by atoms with van der Waals surface area (Å²) in [4.78, 5) is 27.8. The summed E-state index contributed by atoms with van der Waals surface area (Å²) in [6.07, 6.45) is 1.28. The van der Waals surface area contributed by atoms with Crippen LogP contribution in [0.25, 0.3) is 10.9 Å². The van der Waals surface area contributed by atoms with Gasteiger partial charge in [0, 0.05) is 12.1 Å². The van der Waals surface area contributed by atoms with Gasteiger partial charge >= 0.3 is 0 Å². The smallest absolute Gasteiger partial charge is 0.270 e. The fourth-order valence-electron chi connectivity index (χ4n) is 1.44. The highest BCUT2D eigenvalue weighted by molar-refractivity contribution is 5.83. The van der Waals surface area contributed by atoms with Crippen molar-refractivity contribution in [2.75, 3.05) is 0 Å². The van der Waals surface area contributed by atoms with Crippen LogP contribution < -0.4 is 5.56 Å². The zero-order chi connectivity index (χ0) is 11.0. The quantitative estimate of drug-likeness (QED) is 0.558. The van der Waals surface area contributed by atoms with Gasteiger partial charge in [-0.25, -0.2) is 4.98 Å². The molecule has 0 aliphatic rings. The van der Waals surface area contributed by atoms with E-state index in [9.17, 15) is 14.9 Å². The average molecular weight is 205 g/mol. The van der Waals surface area contributed by atoms with Crippen molar-refractivity contribution in [3.63, 3.8) is 0 Å². The normalized spacial score (nSPS) is 10.5. The maximum absolute atomic E-state index is 11.4. The Morgan fingerprint density at radius 1 is 1.47 bits per heavy atom. The van der Waals surface area contributed by atoms with E-state index in [1.54, 1.807) is 6.92 Å². The number of nitro benzene ring substituents is 1. The molecule has 0 amide bonds. The van der Waals surface area contributed by atoms with Crippen molar-refractivity contribution in [2.24, 2.45) is 0 Å². The van der Waals surface area contributed by atoms with Gasteiger partial charge in [-0.3, -0.25) is 14.9 Å². The molecule has 2 aromatic rings. The molecule has 2 rings (SSSR count). The Morgan fingerprint density at radius 3 is 2.87 bits per heavy atom. The number of benzene rings is 1. The monoisotopic (exact) mass is 205 g/mol. The van der Waals surface area contributed by atoms with E-state index in [1.807, 2.05) is 0 Å². The molecule has 1 aromatic carbocycles. The third kappa shape index (κ3) is 1.45. The first kappa shape index (κ1) is 9.32. The van der Waals surface area contributed by atoms with Crippen molar-refractivity contribution >= 4 is 16.6 Å². The lowest BCUT2D eigenvalue weighted by atomic mass is 10.1. The fourth-order valence-corrected chi connectivity index (χ4v) is 1.44. The maximum Gasteiger partial charge on any atom is 0.270 e. The number of nitrogens with zero attached hydrogens (tertiary/aromatic N) is 2. The van der Waals surface area contributed by atoms with Crippen LogP contribution in [0, 0.1) is 17.0 Å². The molecule has 0 aliphatic heterocycles. The summed E-state index contributed by atoms with van der Waals surface area (Å²) in [5, 5.41) is 10.8. The minimum atomic E-state index is -0.529. The van der Waals surface area contributed by atoms with Crippen LogP contribution in [0.15, 0.2) is 23.3 Å². The minimum Gasteiger partial charge on any atom is -0.313 e. The summed E-state index contributed by atoms with van der Waals surface area (Å²) in [6, 6.07) is 2.63. The van der Waals surface area contributed by atoms with E-state index in [-0.39, 0.29) is 16.6 Å². The van der Waals surface area contributed by atoms with Crippen molar-refractivity contribution < 1.29 is 4.92 Å². The molecular formula is C9H7N3O3. The second-order valence-corrected chi connectivity index (χ2v) is 3.15. The fraction of sp³-hybridized carbons (Fsp3) is 0.111. The Morgan fingerprint density at radius 2 is 2.20 bits per heavy atom. The van der Waals surface area contributed by atoms with E-state index in [0.29, 0.717) is 11.1 Å². The molecule has 1 aromatic heterocycles. The molecule has 0 bridgehead atoms. The Hall–Kier alpha value is -2.24. The number of hydrogen-bond donors (Lipinski definition) is 1. The Labute approximate surface area is 83.7 Å². The van der Waals surface area contributed by atoms with Crippen LogP contribution in [-0.2, 0) is 0 Å². The molecule has 76 valence electrons. The van der Waals surface area contributed by atoms with Crippen LogP contribution in [0.4, 0.5) is 5.69 Å². The SMILES string of the molecule is Cc1cc([N+](=O)[O-])cc2c(=O)[nH]cnc12. The third-order valence-electron chi connectivity index (χ3n) is 2.13. The average Bonchev–Trinajstić information content (AvgIpc) is 2.19. The van der Waals surface area contributed by atoms with Gasteiger partial charge in [-0.1, -0.05) is 0 Å². The maximum atomic E-state index is 11.4. The van der Waals surface area contributed by atoms with Crippen molar-refractivity contribution in [1.82, 2.24) is 9.97 Å². The van der Waals surface area contributed by atoms with Crippen LogP contribution in [0.2, 0.25) is 0 Å². The molecule has 1 N–H and O–H groups in total. The van der Waals surface area contributed by atoms with Crippen LogP contribution >= 0.6 is 0 Å². The number of aromatic amines is 1. The zero-order valence-electron chi connectivity index (χ0n) is 7.85. The Balaban J connectivity index is 2.92. The molecule has 6 heteroatoms. The van der Waals surface area contributed by atoms with E-state index >= 15 is 0 Å². The summed E-state index contributed by atoms with van der Waals surface area (Å²) in [7, 11) is 0. The molecule has 0 aliphatic carbocycles. The first-order chi connectivity index (χ1) is 7.09. The molecule has 15 heavy (non-hydrogen) atoms. The van der Waals surface area contributed by atoms with E-state index in [4.69, 9.17) is 0 Å². The van der Waals surface area contributed by atoms with Gasteiger partial charge in [0.1, 0.15) is 0 Å². The summed E-state index contributed by atoms with van der Waals surface area (Å²) in [5.41, 5.74) is 0.639. The van der Waals surface area contributed by atoms with E-state index < -0.39 is 4.92 Å². The van der Waals surface area contributed by atoms with Crippen molar-refractivity contribution in [3.8, 4) is 0 Å². The van der Waals surface area contributed by atoms with Crippen LogP contribution in [0.3, 0.4) is 0 Å². The number of non-ortho nitro benzene ring substituents is 1. The lowest BCUT2D eigenvalue weighted by molar-refractivity contribution is -0.384. The molecule has 0 atom stereocenters. The van der Waals surface area contributed by atoms with Crippen LogP contribution in [0.1, 0.15) is 5.56 Å². The number of hydrogen-bond acceptors (Lipinski definition) is 4. The molecule has 0 saturated heterocycles. The van der Waals surface area contributed by atoms with Gasteiger partial charge in [-0.2, -0.15) is 0 Å². The number of H-pyrrole nitrogens is 1. The minimum absolute atomic E-state index is 0.0986. The molecule has 0 fully saturated rings. The first-order valence-electron chi connectivity index (χ1n) is 4.22. The lowest BCUT2D eigenvalue weighted by Gasteiger charge is -1.99. The first-order valence-corrected chi connectivity index (χ1v) is 4.22. The van der Waals surface area contributed by atoms with E-state index in [1.165, 1.54) is 18.5 Å². The molecule has 0 spiro atoms. The highest BCUT2D eigenvalue weighted by atomic mass is 16.6. The zero-order valence-corrected chi connectivity index (χ0v) is 7.85. The molecule has 0 radical (unpaired) electrons. The Bertz CT molecular complexity index is 603. The van der Waals surface area contributed by atoms with Gasteiger partial charge < -0.3 is 4.98 Å². The third-order valence-corrected chi connectivity index (χ3v) is 2.13. The van der Waals surface area contributed by atoms with Crippen molar-refractivity contribution in [3.05, 3.63) is 44.5 Å². The molecular weight excluding hydrogens is 198 g/mol. The van der Waals surface area contributed by atoms with Gasteiger partial charge in [0.25, 0.3) is 11.2 Å². The summed E-state index contributed by atoms with van der Waals surface area (Å²) < 4.78 is 0. The topological polar surface area (TPSA) is 88.9 Å². The van der Waals surface area contributed by atoms with Crippen LogP contribution in [0.5, 0.6) is 0 Å². The largest absolute Gasteiger partial charge is 0.313 e. The van der Waals surface area contributed by atoms with Gasteiger partial charge in [-0.05, 0) is 12.5 Å². The number of fused-ring (bicyclic) bond motifs is 1. The number of nitrogens with one attached hydrogen (secondary N) is 1. The number of rotatable bonds is 1. The highest BCUT2D eigenvalue weighted by Gasteiger charge is 2.11. The highest BCUT2D eigenvalue weighted by Crippen LogP contribution is 2.20. The van der Waals surface area contributed by atoms with Gasteiger partial charge in [0.05, 0.1) is 22.2 Å². The lowest BCUT2D eigenvalue weighted by Crippen LogP contribution is -2.07. The number of aromatic nitrogens is 2. The molecule has 0 unspecified atom stereocenters. The number of aryl methyl sites for hydroxylation is 1. The Kier molecular flexibility index (Phi) is 1.96. The number of nitro groups is 1. The molecule has 6 nitrogen and oxygen atoms in total. The van der Waals surface area contributed by atoms with Crippen molar-refractivity contribution in [2.45, 2.75) is 6.92 Å². The van der Waals surface area contributed by atoms with E-state index in [0.717, 1.165) is 0 Å². The molecule has 0 saturated carbocycles. The second kappa shape index (κ2) is 3.16. The van der Waals surface area contributed by atoms with Gasteiger partial charge in [-0.15, -0.1) is 0 Å². The predicted molar refractivity (Wildman–Crippen MR) is 53.8 cm³/mol. The summed E-state index contributed by atoms with van der Waals surface area (Å²) >= 11 is 0. The van der Waals surface area contributed by atoms with Gasteiger partial charge in [0.15, 0.2) is 0 Å². The standard InChI is InChI=1S/C9H7N3O3/c1-5-2-6(12(14)15)3-7-8(5)10-4-11-9(7)13/h2-4H,1H3,(H,10,11,13). The van der Waals surface area contributed by atoms with Crippen molar-refractivity contribution in [1.29, 1.82) is 0 Å². The van der Waals surface area contributed by atoms with Gasteiger partial charge in [0.2, 0.25) is 0 Å². The second-order valence-electron chi connectivity index (χ2n) is 3.15.